The maximum absolute atomic E-state index is 13.1. The molecule has 3 rings (SSSR count). The van der Waals surface area contributed by atoms with Crippen molar-refractivity contribution in [2.45, 2.75) is 19.9 Å². The molecule has 0 aliphatic carbocycles. The van der Waals surface area contributed by atoms with Crippen molar-refractivity contribution in [3.8, 4) is 0 Å². The summed E-state index contributed by atoms with van der Waals surface area (Å²) in [5, 5.41) is 4.70. The van der Waals surface area contributed by atoms with Crippen LogP contribution in [0.3, 0.4) is 0 Å². The molecule has 1 heterocycles. The fourth-order valence-electron chi connectivity index (χ4n) is 2.68. The third kappa shape index (κ3) is 3.14. The normalized spacial score (nSPS) is 11.1. The first-order valence-electron chi connectivity index (χ1n) is 7.25. The summed E-state index contributed by atoms with van der Waals surface area (Å²) in [4.78, 5) is 3.28. The van der Waals surface area contributed by atoms with E-state index < -0.39 is 0 Å². The van der Waals surface area contributed by atoms with Gasteiger partial charge in [0.05, 0.1) is 0 Å². The van der Waals surface area contributed by atoms with E-state index in [9.17, 15) is 4.39 Å². The van der Waals surface area contributed by atoms with Crippen LogP contribution in [0.5, 0.6) is 0 Å². The van der Waals surface area contributed by atoms with Crippen LogP contribution in [0.4, 0.5) is 4.39 Å². The van der Waals surface area contributed by atoms with Crippen LogP contribution >= 0.6 is 0 Å². The molecule has 0 aliphatic rings. The number of fused-ring (bicyclic) bond motifs is 1. The predicted octanol–water partition coefficient (Wildman–Crippen LogP) is 3.95. The van der Waals surface area contributed by atoms with Crippen molar-refractivity contribution in [3.63, 3.8) is 0 Å². The second kappa shape index (κ2) is 6.10. The Morgan fingerprint density at radius 3 is 2.86 bits per heavy atom. The van der Waals surface area contributed by atoms with Gasteiger partial charge in [-0.3, -0.25) is 0 Å². The molecular weight excluding hydrogens is 263 g/mol. The largest absolute Gasteiger partial charge is 0.361 e. The third-order valence-electron chi connectivity index (χ3n) is 3.86. The monoisotopic (exact) mass is 282 g/mol. The van der Waals surface area contributed by atoms with Gasteiger partial charge < -0.3 is 10.3 Å². The number of benzene rings is 2. The minimum Gasteiger partial charge on any atom is -0.361 e. The lowest BCUT2D eigenvalue weighted by Crippen LogP contribution is -2.17. The number of rotatable bonds is 5. The second-order valence-corrected chi connectivity index (χ2v) is 5.36. The van der Waals surface area contributed by atoms with Crippen molar-refractivity contribution in [2.75, 3.05) is 6.54 Å². The van der Waals surface area contributed by atoms with Gasteiger partial charge in [-0.25, -0.2) is 4.39 Å². The number of hydrogen-bond acceptors (Lipinski definition) is 1. The van der Waals surface area contributed by atoms with E-state index in [1.807, 2.05) is 19.2 Å². The predicted molar refractivity (Wildman–Crippen MR) is 84.8 cm³/mol. The quantitative estimate of drug-likeness (QED) is 0.681. The Morgan fingerprint density at radius 1 is 1.10 bits per heavy atom. The highest BCUT2D eigenvalue weighted by atomic mass is 19.1. The number of halogens is 1. The standard InChI is InChI=1S/C18H19FN2/c1-13-11-17(19)6-5-14(13)7-9-20-12-16-4-2-3-15-8-10-21-18(15)16/h2-6,8,10-11,20-21H,7,9,12H2,1H3. The molecule has 2 nitrogen and oxygen atoms in total. The van der Waals surface area contributed by atoms with Gasteiger partial charge in [-0.05, 0) is 60.2 Å². The van der Waals surface area contributed by atoms with Crippen LogP contribution in [0.25, 0.3) is 10.9 Å². The Morgan fingerprint density at radius 2 is 2.00 bits per heavy atom. The number of aromatic nitrogens is 1. The van der Waals surface area contributed by atoms with E-state index in [0.29, 0.717) is 0 Å². The van der Waals surface area contributed by atoms with Gasteiger partial charge in [0.25, 0.3) is 0 Å². The van der Waals surface area contributed by atoms with Crippen LogP contribution in [0.15, 0.2) is 48.7 Å². The van der Waals surface area contributed by atoms with Gasteiger partial charge in [0.2, 0.25) is 0 Å². The van der Waals surface area contributed by atoms with Crippen molar-refractivity contribution in [1.82, 2.24) is 10.3 Å². The molecular formula is C18H19FN2. The van der Waals surface area contributed by atoms with E-state index in [2.05, 4.69) is 34.6 Å². The lowest BCUT2D eigenvalue weighted by Gasteiger charge is -2.08. The van der Waals surface area contributed by atoms with Crippen LogP contribution in [0, 0.1) is 12.7 Å². The van der Waals surface area contributed by atoms with E-state index in [0.717, 1.165) is 25.1 Å². The van der Waals surface area contributed by atoms with E-state index in [1.165, 1.54) is 28.1 Å². The number of aryl methyl sites for hydroxylation is 1. The highest BCUT2D eigenvalue weighted by Crippen LogP contribution is 2.16. The van der Waals surface area contributed by atoms with Crippen LogP contribution in [0.1, 0.15) is 16.7 Å². The minimum atomic E-state index is -0.164. The highest BCUT2D eigenvalue weighted by Gasteiger charge is 2.02. The average molecular weight is 282 g/mol. The minimum absolute atomic E-state index is 0.164. The molecule has 0 saturated heterocycles. The molecule has 3 aromatic rings. The van der Waals surface area contributed by atoms with Crippen molar-refractivity contribution < 1.29 is 4.39 Å². The molecule has 0 unspecified atom stereocenters. The van der Waals surface area contributed by atoms with Crippen molar-refractivity contribution >= 4 is 10.9 Å². The van der Waals surface area contributed by atoms with Gasteiger partial charge in [0.15, 0.2) is 0 Å². The molecule has 0 saturated carbocycles. The number of hydrogen-bond donors (Lipinski definition) is 2. The van der Waals surface area contributed by atoms with Gasteiger partial charge in [-0.15, -0.1) is 0 Å². The maximum atomic E-state index is 13.1. The molecule has 0 fully saturated rings. The molecule has 0 atom stereocenters. The molecule has 21 heavy (non-hydrogen) atoms. The van der Waals surface area contributed by atoms with Gasteiger partial charge >= 0.3 is 0 Å². The zero-order valence-electron chi connectivity index (χ0n) is 12.1. The lowest BCUT2D eigenvalue weighted by atomic mass is 10.1. The molecule has 2 N–H and O–H groups in total. The van der Waals surface area contributed by atoms with Crippen LogP contribution < -0.4 is 5.32 Å². The summed E-state index contributed by atoms with van der Waals surface area (Å²) in [5.74, 6) is -0.164. The molecule has 1 aromatic heterocycles. The van der Waals surface area contributed by atoms with E-state index in [4.69, 9.17) is 0 Å². The zero-order valence-corrected chi connectivity index (χ0v) is 12.1. The van der Waals surface area contributed by atoms with Crippen molar-refractivity contribution in [2.24, 2.45) is 0 Å². The first kappa shape index (κ1) is 13.8. The summed E-state index contributed by atoms with van der Waals surface area (Å²) in [6, 6.07) is 13.4. The van der Waals surface area contributed by atoms with Crippen molar-refractivity contribution in [3.05, 3.63) is 71.2 Å². The summed E-state index contributed by atoms with van der Waals surface area (Å²) in [6.45, 7) is 3.67. The van der Waals surface area contributed by atoms with Gasteiger partial charge in [0, 0.05) is 18.3 Å². The maximum Gasteiger partial charge on any atom is 0.123 e. The fourth-order valence-corrected chi connectivity index (χ4v) is 2.68. The van der Waals surface area contributed by atoms with E-state index >= 15 is 0 Å². The molecule has 0 aliphatic heterocycles. The zero-order chi connectivity index (χ0) is 14.7. The Bertz CT molecular complexity index is 746. The molecule has 0 radical (unpaired) electrons. The first-order valence-corrected chi connectivity index (χ1v) is 7.25. The van der Waals surface area contributed by atoms with Gasteiger partial charge in [-0.2, -0.15) is 0 Å². The lowest BCUT2D eigenvalue weighted by molar-refractivity contribution is 0.624. The summed E-state index contributed by atoms with van der Waals surface area (Å²) in [5.41, 5.74) is 4.68. The van der Waals surface area contributed by atoms with E-state index in [1.54, 1.807) is 6.07 Å². The second-order valence-electron chi connectivity index (χ2n) is 5.36. The Balaban J connectivity index is 1.58. The van der Waals surface area contributed by atoms with E-state index in [-0.39, 0.29) is 5.82 Å². The fraction of sp³-hybridized carbons (Fsp3) is 0.222. The number of para-hydroxylation sites is 1. The summed E-state index contributed by atoms with van der Waals surface area (Å²) < 4.78 is 13.1. The molecule has 0 bridgehead atoms. The molecule has 2 aromatic carbocycles. The van der Waals surface area contributed by atoms with Gasteiger partial charge in [0.1, 0.15) is 5.82 Å². The smallest absolute Gasteiger partial charge is 0.123 e. The summed E-state index contributed by atoms with van der Waals surface area (Å²) in [6.07, 6.45) is 2.88. The third-order valence-corrected chi connectivity index (χ3v) is 3.86. The Hall–Kier alpha value is -2.13. The van der Waals surface area contributed by atoms with Crippen molar-refractivity contribution in [1.29, 1.82) is 0 Å². The Kier molecular flexibility index (Phi) is 4.02. The molecule has 108 valence electrons. The molecule has 3 heteroatoms. The molecule has 0 amide bonds. The SMILES string of the molecule is Cc1cc(F)ccc1CCNCc1cccc2cc[nH]c12. The van der Waals surface area contributed by atoms with Gasteiger partial charge in [-0.1, -0.05) is 24.3 Å². The van der Waals surface area contributed by atoms with Crippen LogP contribution in [-0.4, -0.2) is 11.5 Å². The first-order chi connectivity index (χ1) is 10.2. The Labute approximate surface area is 124 Å². The number of H-pyrrole nitrogens is 1. The summed E-state index contributed by atoms with van der Waals surface area (Å²) in [7, 11) is 0. The topological polar surface area (TPSA) is 27.8 Å². The number of aromatic amines is 1. The number of nitrogens with one attached hydrogen (secondary N) is 2. The van der Waals surface area contributed by atoms with Crippen LogP contribution in [0.2, 0.25) is 0 Å². The van der Waals surface area contributed by atoms with Crippen LogP contribution in [-0.2, 0) is 13.0 Å². The average Bonchev–Trinajstić information content (AvgIpc) is 2.94. The highest BCUT2D eigenvalue weighted by molar-refractivity contribution is 5.82. The molecule has 0 spiro atoms. The summed E-state index contributed by atoms with van der Waals surface area (Å²) >= 11 is 0.